The Morgan fingerprint density at radius 1 is 1.00 bits per heavy atom. The maximum atomic E-state index is 3.39. The van der Waals surface area contributed by atoms with Crippen LogP contribution in [0.1, 0.15) is 68.4 Å². The largest absolute Gasteiger partial charge is 0.319 e. The Bertz CT molecular complexity index is 396. The van der Waals surface area contributed by atoms with E-state index < -0.39 is 0 Å². The van der Waals surface area contributed by atoms with Gasteiger partial charge in [-0.2, -0.15) is 0 Å². The molecule has 1 aromatic carbocycles. The van der Waals surface area contributed by atoms with Crippen molar-refractivity contribution in [2.75, 3.05) is 13.6 Å². The fraction of sp³-hybridized carbons (Fsp3) is 0.667. The van der Waals surface area contributed by atoms with Crippen molar-refractivity contribution in [3.63, 3.8) is 0 Å². The summed E-state index contributed by atoms with van der Waals surface area (Å²) in [6.07, 6.45) is 11.2. The van der Waals surface area contributed by atoms with E-state index in [2.05, 4.69) is 36.6 Å². The van der Waals surface area contributed by atoms with E-state index in [9.17, 15) is 0 Å². The summed E-state index contributed by atoms with van der Waals surface area (Å²) in [4.78, 5) is 0. The second kappa shape index (κ2) is 5.66. The molecule has 1 nitrogen and oxygen atoms in total. The normalized spacial score (nSPS) is 23.0. The number of hydrogen-bond donors (Lipinski definition) is 1. The lowest BCUT2D eigenvalue weighted by molar-refractivity contribution is 0.239. The van der Waals surface area contributed by atoms with Crippen LogP contribution >= 0.6 is 0 Å². The highest BCUT2D eigenvalue weighted by Gasteiger charge is 2.37. The Kier molecular flexibility index (Phi) is 3.93. The van der Waals surface area contributed by atoms with Gasteiger partial charge in [0.1, 0.15) is 0 Å². The van der Waals surface area contributed by atoms with Crippen molar-refractivity contribution in [3.05, 3.63) is 35.4 Å². The molecule has 19 heavy (non-hydrogen) atoms. The third kappa shape index (κ3) is 2.58. The second-order valence-electron chi connectivity index (χ2n) is 6.62. The lowest BCUT2D eigenvalue weighted by atomic mass is 9.64. The van der Waals surface area contributed by atoms with Crippen LogP contribution in [0.2, 0.25) is 0 Å². The lowest BCUT2D eigenvalue weighted by Gasteiger charge is -2.42. The van der Waals surface area contributed by atoms with Gasteiger partial charge in [0, 0.05) is 12.0 Å². The monoisotopic (exact) mass is 257 g/mol. The van der Waals surface area contributed by atoms with Gasteiger partial charge in [-0.3, -0.25) is 0 Å². The van der Waals surface area contributed by atoms with Crippen molar-refractivity contribution in [1.29, 1.82) is 0 Å². The molecule has 1 N–H and O–H groups in total. The van der Waals surface area contributed by atoms with E-state index in [0.717, 1.165) is 12.5 Å². The Labute approximate surface area is 117 Å². The van der Waals surface area contributed by atoms with Crippen LogP contribution in [-0.2, 0) is 5.41 Å². The minimum atomic E-state index is 0.444. The van der Waals surface area contributed by atoms with Crippen LogP contribution in [0.5, 0.6) is 0 Å². The van der Waals surface area contributed by atoms with E-state index in [1.54, 1.807) is 11.1 Å². The van der Waals surface area contributed by atoms with E-state index in [1.165, 1.54) is 51.4 Å². The highest BCUT2D eigenvalue weighted by molar-refractivity contribution is 5.33. The SMILES string of the molecule is CNCC1(c2ccc(C3CCCCC3)cc2)CCC1. The third-order valence-electron chi connectivity index (χ3n) is 5.43. The van der Waals surface area contributed by atoms with Gasteiger partial charge in [0.05, 0.1) is 0 Å². The van der Waals surface area contributed by atoms with Crippen LogP contribution in [-0.4, -0.2) is 13.6 Å². The van der Waals surface area contributed by atoms with Crippen molar-refractivity contribution in [2.45, 2.75) is 62.7 Å². The van der Waals surface area contributed by atoms with E-state index in [0.29, 0.717) is 5.41 Å². The number of rotatable bonds is 4. The summed E-state index contributed by atoms with van der Waals surface area (Å²) < 4.78 is 0. The van der Waals surface area contributed by atoms with Crippen molar-refractivity contribution >= 4 is 0 Å². The molecule has 2 aliphatic rings. The average molecular weight is 257 g/mol. The van der Waals surface area contributed by atoms with Crippen LogP contribution in [0.4, 0.5) is 0 Å². The Morgan fingerprint density at radius 3 is 2.21 bits per heavy atom. The fourth-order valence-electron chi connectivity index (χ4n) is 4.05. The van der Waals surface area contributed by atoms with Gasteiger partial charge < -0.3 is 5.32 Å². The van der Waals surface area contributed by atoms with E-state index in [1.807, 2.05) is 0 Å². The molecule has 1 heteroatoms. The summed E-state index contributed by atoms with van der Waals surface area (Å²) in [5.74, 6) is 0.837. The zero-order valence-electron chi connectivity index (χ0n) is 12.3. The summed E-state index contributed by atoms with van der Waals surface area (Å²) in [6.45, 7) is 1.13. The molecule has 3 rings (SSSR count). The molecule has 1 aromatic rings. The molecule has 0 radical (unpaired) electrons. The van der Waals surface area contributed by atoms with Crippen molar-refractivity contribution in [2.24, 2.45) is 0 Å². The van der Waals surface area contributed by atoms with Crippen LogP contribution < -0.4 is 5.32 Å². The molecule has 0 heterocycles. The fourth-order valence-corrected chi connectivity index (χ4v) is 4.05. The van der Waals surface area contributed by atoms with Gasteiger partial charge in [-0.05, 0) is 49.8 Å². The first-order chi connectivity index (χ1) is 9.34. The maximum absolute atomic E-state index is 3.39. The van der Waals surface area contributed by atoms with Gasteiger partial charge >= 0.3 is 0 Å². The van der Waals surface area contributed by atoms with Gasteiger partial charge in [-0.1, -0.05) is 49.9 Å². The Balaban J connectivity index is 1.74. The lowest BCUT2D eigenvalue weighted by Crippen LogP contribution is -2.42. The standard InChI is InChI=1S/C18H27N/c1-19-14-18(12-5-13-18)17-10-8-16(9-11-17)15-6-3-2-4-7-15/h8-11,15,19H,2-7,12-14H2,1H3. The summed E-state index contributed by atoms with van der Waals surface area (Å²) in [5, 5.41) is 3.39. The van der Waals surface area contributed by atoms with Gasteiger partial charge in [0.25, 0.3) is 0 Å². The molecule has 0 saturated heterocycles. The minimum Gasteiger partial charge on any atom is -0.319 e. The molecule has 2 fully saturated rings. The molecule has 0 aromatic heterocycles. The molecule has 0 atom stereocenters. The van der Waals surface area contributed by atoms with E-state index in [4.69, 9.17) is 0 Å². The molecule has 2 aliphatic carbocycles. The summed E-state index contributed by atoms with van der Waals surface area (Å²) in [7, 11) is 2.08. The van der Waals surface area contributed by atoms with Gasteiger partial charge in [0.2, 0.25) is 0 Å². The van der Waals surface area contributed by atoms with Gasteiger partial charge in [0.15, 0.2) is 0 Å². The number of likely N-dealkylation sites (N-methyl/N-ethyl adjacent to an activating group) is 1. The number of hydrogen-bond acceptors (Lipinski definition) is 1. The number of benzene rings is 1. The van der Waals surface area contributed by atoms with Gasteiger partial charge in [-0.25, -0.2) is 0 Å². The molecule has 0 bridgehead atoms. The predicted molar refractivity (Wildman–Crippen MR) is 81.7 cm³/mol. The first-order valence-electron chi connectivity index (χ1n) is 8.09. The Morgan fingerprint density at radius 2 is 1.68 bits per heavy atom. The zero-order chi connectivity index (χ0) is 13.1. The first-order valence-corrected chi connectivity index (χ1v) is 8.09. The van der Waals surface area contributed by atoms with Crippen molar-refractivity contribution < 1.29 is 0 Å². The molecule has 0 unspecified atom stereocenters. The third-order valence-corrected chi connectivity index (χ3v) is 5.43. The van der Waals surface area contributed by atoms with Gasteiger partial charge in [-0.15, -0.1) is 0 Å². The molecule has 0 spiro atoms. The highest BCUT2D eigenvalue weighted by Crippen LogP contribution is 2.43. The molecule has 2 saturated carbocycles. The molecular weight excluding hydrogens is 230 g/mol. The average Bonchev–Trinajstić information content (AvgIpc) is 2.44. The van der Waals surface area contributed by atoms with E-state index in [-0.39, 0.29) is 0 Å². The van der Waals surface area contributed by atoms with Crippen LogP contribution in [0.25, 0.3) is 0 Å². The summed E-state index contributed by atoms with van der Waals surface area (Å²) in [5.41, 5.74) is 3.59. The first kappa shape index (κ1) is 13.2. The molecular formula is C18H27N. The highest BCUT2D eigenvalue weighted by atomic mass is 14.8. The summed E-state index contributed by atoms with van der Waals surface area (Å²) in [6, 6.07) is 9.67. The quantitative estimate of drug-likeness (QED) is 0.844. The zero-order valence-corrected chi connectivity index (χ0v) is 12.3. The van der Waals surface area contributed by atoms with Crippen LogP contribution in [0.3, 0.4) is 0 Å². The van der Waals surface area contributed by atoms with Crippen LogP contribution in [0, 0.1) is 0 Å². The molecule has 0 amide bonds. The van der Waals surface area contributed by atoms with Crippen molar-refractivity contribution in [3.8, 4) is 0 Å². The molecule has 0 aliphatic heterocycles. The Hall–Kier alpha value is -0.820. The summed E-state index contributed by atoms with van der Waals surface area (Å²) >= 11 is 0. The van der Waals surface area contributed by atoms with Crippen LogP contribution in [0.15, 0.2) is 24.3 Å². The second-order valence-corrected chi connectivity index (χ2v) is 6.62. The number of nitrogens with one attached hydrogen (secondary N) is 1. The molecule has 104 valence electrons. The smallest absolute Gasteiger partial charge is 0.00776 e. The minimum absolute atomic E-state index is 0.444. The topological polar surface area (TPSA) is 12.0 Å². The van der Waals surface area contributed by atoms with Crippen molar-refractivity contribution in [1.82, 2.24) is 5.32 Å². The van der Waals surface area contributed by atoms with E-state index >= 15 is 0 Å². The maximum Gasteiger partial charge on any atom is 0.00776 e. The predicted octanol–water partition coefficient (Wildman–Crippen LogP) is 4.38.